The van der Waals surface area contributed by atoms with Crippen molar-refractivity contribution in [1.82, 2.24) is 4.98 Å². The van der Waals surface area contributed by atoms with Crippen LogP contribution in [0.4, 0.5) is 0 Å². The molecule has 0 aliphatic heterocycles. The van der Waals surface area contributed by atoms with Gasteiger partial charge in [-0.05, 0) is 17.7 Å². The zero-order chi connectivity index (χ0) is 13.1. The predicted molar refractivity (Wildman–Crippen MR) is 74.2 cm³/mol. The van der Waals surface area contributed by atoms with E-state index in [1.807, 2.05) is 54.6 Å². The maximum atomic E-state index is 9.90. The molecular formula is C16H13NO2. The van der Waals surface area contributed by atoms with Crippen molar-refractivity contribution < 1.29 is 9.84 Å². The minimum atomic E-state index is 0.0645. The highest BCUT2D eigenvalue weighted by molar-refractivity contribution is 5.80. The number of para-hydroxylation sites is 1. The van der Waals surface area contributed by atoms with Crippen LogP contribution in [0.2, 0.25) is 0 Å². The van der Waals surface area contributed by atoms with Gasteiger partial charge in [0, 0.05) is 5.39 Å². The number of nitrogens with zero attached hydrogens (tertiary/aromatic N) is 1. The largest absolute Gasteiger partial charge is 0.503 e. The van der Waals surface area contributed by atoms with Crippen molar-refractivity contribution >= 4 is 10.9 Å². The van der Waals surface area contributed by atoms with Crippen LogP contribution < -0.4 is 4.74 Å². The fraction of sp³-hybridized carbons (Fsp3) is 0.0625. The fourth-order valence-electron chi connectivity index (χ4n) is 1.92. The van der Waals surface area contributed by atoms with E-state index >= 15 is 0 Å². The van der Waals surface area contributed by atoms with Gasteiger partial charge >= 0.3 is 0 Å². The molecule has 0 spiro atoms. The first-order chi connectivity index (χ1) is 9.33. The molecule has 3 nitrogen and oxygen atoms in total. The lowest BCUT2D eigenvalue weighted by molar-refractivity contribution is 0.278. The van der Waals surface area contributed by atoms with Crippen molar-refractivity contribution in [2.45, 2.75) is 6.61 Å². The summed E-state index contributed by atoms with van der Waals surface area (Å²) < 4.78 is 5.57. The van der Waals surface area contributed by atoms with Crippen LogP contribution in [0.15, 0.2) is 60.7 Å². The lowest BCUT2D eigenvalue weighted by atomic mass is 10.2. The average Bonchev–Trinajstić information content (AvgIpc) is 2.46. The van der Waals surface area contributed by atoms with Crippen molar-refractivity contribution in [3.8, 4) is 11.6 Å². The van der Waals surface area contributed by atoms with Crippen LogP contribution >= 0.6 is 0 Å². The molecule has 19 heavy (non-hydrogen) atoms. The van der Waals surface area contributed by atoms with Crippen molar-refractivity contribution in [2.24, 2.45) is 0 Å². The van der Waals surface area contributed by atoms with Gasteiger partial charge in [0.25, 0.3) is 5.88 Å². The smallest absolute Gasteiger partial charge is 0.257 e. The van der Waals surface area contributed by atoms with E-state index in [4.69, 9.17) is 4.74 Å². The third-order valence-corrected chi connectivity index (χ3v) is 2.89. The number of hydrogen-bond acceptors (Lipinski definition) is 3. The van der Waals surface area contributed by atoms with Gasteiger partial charge in [0.05, 0.1) is 5.52 Å². The molecular weight excluding hydrogens is 238 g/mol. The number of pyridine rings is 1. The third-order valence-electron chi connectivity index (χ3n) is 2.89. The van der Waals surface area contributed by atoms with E-state index in [1.54, 1.807) is 6.07 Å². The van der Waals surface area contributed by atoms with Gasteiger partial charge in [-0.1, -0.05) is 48.5 Å². The molecule has 1 aromatic heterocycles. The average molecular weight is 251 g/mol. The molecule has 0 aliphatic carbocycles. The second kappa shape index (κ2) is 4.98. The summed E-state index contributed by atoms with van der Waals surface area (Å²) in [5, 5.41) is 10.8. The number of ether oxygens (including phenoxy) is 1. The molecule has 0 bridgehead atoms. The minimum absolute atomic E-state index is 0.0645. The number of rotatable bonds is 3. The Kier molecular flexibility index (Phi) is 3.02. The Hall–Kier alpha value is -2.55. The highest BCUT2D eigenvalue weighted by atomic mass is 16.5. The summed E-state index contributed by atoms with van der Waals surface area (Å²) in [7, 11) is 0. The van der Waals surface area contributed by atoms with E-state index in [0.717, 1.165) is 16.5 Å². The molecule has 0 amide bonds. The van der Waals surface area contributed by atoms with Gasteiger partial charge in [0.15, 0.2) is 5.75 Å². The Morgan fingerprint density at radius 3 is 2.53 bits per heavy atom. The van der Waals surface area contributed by atoms with Crippen LogP contribution in [0.5, 0.6) is 11.6 Å². The van der Waals surface area contributed by atoms with Crippen LogP contribution in [-0.4, -0.2) is 10.1 Å². The first kappa shape index (κ1) is 11.5. The molecule has 0 fully saturated rings. The molecule has 3 rings (SSSR count). The van der Waals surface area contributed by atoms with E-state index in [0.29, 0.717) is 6.61 Å². The van der Waals surface area contributed by atoms with Gasteiger partial charge < -0.3 is 9.84 Å². The standard InChI is InChI=1S/C16H13NO2/c18-15-10-13-8-4-5-9-14(13)17-16(15)19-11-12-6-2-1-3-7-12/h1-10,18H,11H2. The van der Waals surface area contributed by atoms with Crippen LogP contribution in [0.25, 0.3) is 10.9 Å². The van der Waals surface area contributed by atoms with E-state index in [1.165, 1.54) is 0 Å². The summed E-state index contributed by atoms with van der Waals surface area (Å²) in [4.78, 5) is 4.32. The summed E-state index contributed by atoms with van der Waals surface area (Å²) in [6.45, 7) is 0.389. The molecule has 2 aromatic carbocycles. The van der Waals surface area contributed by atoms with E-state index in [2.05, 4.69) is 4.98 Å². The molecule has 3 aromatic rings. The molecule has 0 atom stereocenters. The molecule has 0 aliphatic rings. The van der Waals surface area contributed by atoms with Crippen molar-refractivity contribution in [3.63, 3.8) is 0 Å². The minimum Gasteiger partial charge on any atom is -0.503 e. The number of benzene rings is 2. The molecule has 0 saturated heterocycles. The van der Waals surface area contributed by atoms with Crippen LogP contribution in [0.1, 0.15) is 5.56 Å². The lowest BCUT2D eigenvalue weighted by Crippen LogP contribution is -1.97. The molecule has 94 valence electrons. The lowest BCUT2D eigenvalue weighted by Gasteiger charge is -2.08. The predicted octanol–water partition coefficient (Wildman–Crippen LogP) is 3.52. The van der Waals surface area contributed by atoms with Gasteiger partial charge in [-0.3, -0.25) is 0 Å². The normalized spacial score (nSPS) is 10.5. The second-order valence-electron chi connectivity index (χ2n) is 4.28. The molecule has 0 unspecified atom stereocenters. The Balaban J connectivity index is 1.86. The highest BCUT2D eigenvalue weighted by Gasteiger charge is 2.06. The van der Waals surface area contributed by atoms with Crippen LogP contribution in [0.3, 0.4) is 0 Å². The molecule has 1 heterocycles. The van der Waals surface area contributed by atoms with Gasteiger partial charge in [-0.25, -0.2) is 4.98 Å². The van der Waals surface area contributed by atoms with Crippen LogP contribution in [-0.2, 0) is 6.61 Å². The third kappa shape index (κ3) is 2.50. The molecule has 1 N–H and O–H groups in total. The first-order valence-electron chi connectivity index (χ1n) is 6.08. The van der Waals surface area contributed by atoms with E-state index < -0.39 is 0 Å². The number of fused-ring (bicyclic) bond motifs is 1. The molecule has 0 radical (unpaired) electrons. The summed E-state index contributed by atoms with van der Waals surface area (Å²) in [5.41, 5.74) is 1.85. The zero-order valence-corrected chi connectivity index (χ0v) is 10.3. The van der Waals surface area contributed by atoms with Crippen molar-refractivity contribution in [2.75, 3.05) is 0 Å². The maximum Gasteiger partial charge on any atom is 0.257 e. The quantitative estimate of drug-likeness (QED) is 0.774. The zero-order valence-electron chi connectivity index (χ0n) is 10.3. The summed E-state index contributed by atoms with van der Waals surface area (Å²) in [6, 6.07) is 19.1. The Labute approximate surface area is 111 Å². The number of aromatic hydroxyl groups is 1. The van der Waals surface area contributed by atoms with Gasteiger partial charge in [-0.2, -0.15) is 0 Å². The fourth-order valence-corrected chi connectivity index (χ4v) is 1.92. The Morgan fingerprint density at radius 2 is 1.68 bits per heavy atom. The molecule has 3 heteroatoms. The van der Waals surface area contributed by atoms with Crippen molar-refractivity contribution in [1.29, 1.82) is 0 Å². The monoisotopic (exact) mass is 251 g/mol. The van der Waals surface area contributed by atoms with E-state index in [9.17, 15) is 5.11 Å². The summed E-state index contributed by atoms with van der Waals surface area (Å²) in [5.74, 6) is 0.331. The second-order valence-corrected chi connectivity index (χ2v) is 4.28. The molecule has 0 saturated carbocycles. The number of hydrogen-bond donors (Lipinski definition) is 1. The first-order valence-corrected chi connectivity index (χ1v) is 6.08. The SMILES string of the molecule is Oc1cc2ccccc2nc1OCc1ccccc1. The Morgan fingerprint density at radius 1 is 0.947 bits per heavy atom. The topological polar surface area (TPSA) is 42.4 Å². The van der Waals surface area contributed by atoms with Gasteiger partial charge in [0.1, 0.15) is 6.61 Å². The Bertz CT molecular complexity index is 695. The van der Waals surface area contributed by atoms with Gasteiger partial charge in [0.2, 0.25) is 0 Å². The van der Waals surface area contributed by atoms with Crippen LogP contribution in [0, 0.1) is 0 Å². The van der Waals surface area contributed by atoms with E-state index in [-0.39, 0.29) is 11.6 Å². The summed E-state index contributed by atoms with van der Waals surface area (Å²) in [6.07, 6.45) is 0. The van der Waals surface area contributed by atoms with Crippen molar-refractivity contribution in [3.05, 3.63) is 66.2 Å². The summed E-state index contributed by atoms with van der Waals surface area (Å²) >= 11 is 0. The highest BCUT2D eigenvalue weighted by Crippen LogP contribution is 2.28. The van der Waals surface area contributed by atoms with Gasteiger partial charge in [-0.15, -0.1) is 0 Å². The maximum absolute atomic E-state index is 9.90. The number of aromatic nitrogens is 1.